The Bertz CT molecular complexity index is 307. The molecule has 0 aromatic rings. The molecule has 0 amide bonds. The smallest absolute Gasteiger partial charge is 0.320 e. The topological polar surface area (TPSA) is 95.5 Å². The zero-order valence-corrected chi connectivity index (χ0v) is 9.22. The molecule has 0 spiro atoms. The van der Waals surface area contributed by atoms with Gasteiger partial charge in [0.05, 0.1) is 0 Å². The highest BCUT2D eigenvalue weighted by atomic mass is 32.2. The number of sulfonamides is 1. The fourth-order valence-electron chi connectivity index (χ4n) is 1.58. The summed E-state index contributed by atoms with van der Waals surface area (Å²) in [5.74, 6) is -2.19. The molecule has 0 bridgehead atoms. The van der Waals surface area contributed by atoms with Crippen molar-refractivity contribution < 1.29 is 18.3 Å². The summed E-state index contributed by atoms with van der Waals surface area (Å²) in [7, 11) is -3.69. The second kappa shape index (κ2) is 5.43. The van der Waals surface area contributed by atoms with Crippen molar-refractivity contribution in [1.29, 1.82) is 0 Å². The van der Waals surface area contributed by atoms with Crippen LogP contribution in [0.2, 0.25) is 0 Å². The molecule has 1 saturated heterocycles. The average molecular weight is 236 g/mol. The summed E-state index contributed by atoms with van der Waals surface area (Å²) in [6.07, 6.45) is 2.73. The van der Waals surface area contributed by atoms with Gasteiger partial charge < -0.3 is 10.4 Å². The number of rotatable bonds is 4. The Kier molecular flexibility index (Phi) is 4.49. The van der Waals surface area contributed by atoms with Crippen LogP contribution in [0.5, 0.6) is 0 Å². The summed E-state index contributed by atoms with van der Waals surface area (Å²) in [4.78, 5) is 10.3. The average Bonchev–Trinajstić information content (AvgIpc) is 2.29. The molecule has 0 saturated carbocycles. The van der Waals surface area contributed by atoms with Crippen LogP contribution in [0.1, 0.15) is 19.3 Å². The van der Waals surface area contributed by atoms with Gasteiger partial charge >= 0.3 is 5.97 Å². The van der Waals surface area contributed by atoms with E-state index in [-0.39, 0.29) is 6.04 Å². The predicted octanol–water partition coefficient (Wildman–Crippen LogP) is -0.867. The van der Waals surface area contributed by atoms with Gasteiger partial charge in [-0.1, -0.05) is 6.42 Å². The van der Waals surface area contributed by atoms with E-state index in [1.807, 2.05) is 0 Å². The molecule has 1 aliphatic heterocycles. The predicted molar refractivity (Wildman–Crippen MR) is 55.1 cm³/mol. The van der Waals surface area contributed by atoms with E-state index in [2.05, 4.69) is 10.0 Å². The van der Waals surface area contributed by atoms with Gasteiger partial charge in [-0.05, 0) is 19.4 Å². The van der Waals surface area contributed by atoms with Crippen LogP contribution in [-0.4, -0.2) is 44.4 Å². The van der Waals surface area contributed by atoms with E-state index in [4.69, 9.17) is 5.11 Å². The highest BCUT2D eigenvalue weighted by Crippen LogP contribution is 2.05. The maximum absolute atomic E-state index is 11.3. The number of carboxylic acid groups (broad SMARTS) is 1. The SMILES string of the molecule is O=C(O)CS(=O)(=O)NC1CCCCNC1. The third-order valence-electron chi connectivity index (χ3n) is 2.21. The lowest BCUT2D eigenvalue weighted by molar-refractivity contribution is -0.134. The lowest BCUT2D eigenvalue weighted by Crippen LogP contribution is -2.42. The summed E-state index contributed by atoms with van der Waals surface area (Å²) in [5, 5.41) is 11.5. The van der Waals surface area contributed by atoms with Crippen molar-refractivity contribution in [3.8, 4) is 0 Å². The van der Waals surface area contributed by atoms with E-state index in [0.717, 1.165) is 25.8 Å². The molecule has 1 aliphatic rings. The van der Waals surface area contributed by atoms with E-state index in [9.17, 15) is 13.2 Å². The number of hydrogen-bond donors (Lipinski definition) is 3. The second-order valence-corrected chi connectivity index (χ2v) is 5.42. The summed E-state index contributed by atoms with van der Waals surface area (Å²) in [6.45, 7) is 1.45. The van der Waals surface area contributed by atoms with Crippen LogP contribution in [0.15, 0.2) is 0 Å². The Morgan fingerprint density at radius 2 is 2.20 bits per heavy atom. The molecule has 0 aliphatic carbocycles. The van der Waals surface area contributed by atoms with Gasteiger partial charge in [-0.2, -0.15) is 0 Å². The van der Waals surface area contributed by atoms with Crippen molar-refractivity contribution in [2.24, 2.45) is 0 Å². The lowest BCUT2D eigenvalue weighted by Gasteiger charge is -2.15. The van der Waals surface area contributed by atoms with E-state index in [0.29, 0.717) is 6.54 Å². The van der Waals surface area contributed by atoms with Gasteiger partial charge in [0.1, 0.15) is 0 Å². The minimum atomic E-state index is -3.69. The summed E-state index contributed by atoms with van der Waals surface area (Å²) in [5.41, 5.74) is 0. The van der Waals surface area contributed by atoms with E-state index in [1.54, 1.807) is 0 Å². The standard InChI is InChI=1S/C8H16N2O4S/c11-8(12)6-15(13,14)10-7-3-1-2-4-9-5-7/h7,9-10H,1-6H2,(H,11,12). The molecular weight excluding hydrogens is 220 g/mol. The van der Waals surface area contributed by atoms with Gasteiger partial charge in [-0.15, -0.1) is 0 Å². The van der Waals surface area contributed by atoms with Gasteiger partial charge in [0.25, 0.3) is 0 Å². The zero-order valence-electron chi connectivity index (χ0n) is 8.40. The first-order chi connectivity index (χ1) is 6.99. The Hall–Kier alpha value is -0.660. The van der Waals surface area contributed by atoms with Gasteiger partial charge in [-0.3, -0.25) is 4.79 Å². The fourth-order valence-corrected chi connectivity index (χ4v) is 2.70. The van der Waals surface area contributed by atoms with Crippen LogP contribution in [0.4, 0.5) is 0 Å². The van der Waals surface area contributed by atoms with Gasteiger partial charge in [0, 0.05) is 12.6 Å². The molecule has 7 heteroatoms. The van der Waals surface area contributed by atoms with Crippen LogP contribution in [-0.2, 0) is 14.8 Å². The van der Waals surface area contributed by atoms with E-state index >= 15 is 0 Å². The highest BCUT2D eigenvalue weighted by molar-refractivity contribution is 7.90. The molecule has 1 atom stereocenters. The van der Waals surface area contributed by atoms with Crippen LogP contribution in [0.25, 0.3) is 0 Å². The van der Waals surface area contributed by atoms with E-state index < -0.39 is 21.7 Å². The van der Waals surface area contributed by atoms with Gasteiger partial charge in [0.15, 0.2) is 5.75 Å². The fraction of sp³-hybridized carbons (Fsp3) is 0.875. The lowest BCUT2D eigenvalue weighted by atomic mass is 10.2. The Morgan fingerprint density at radius 1 is 1.47 bits per heavy atom. The molecule has 0 aromatic heterocycles. The van der Waals surface area contributed by atoms with Crippen molar-refractivity contribution in [2.75, 3.05) is 18.8 Å². The van der Waals surface area contributed by atoms with Gasteiger partial charge in [-0.25, -0.2) is 13.1 Å². The first-order valence-corrected chi connectivity index (χ1v) is 6.57. The largest absolute Gasteiger partial charge is 0.480 e. The number of carbonyl (C=O) groups is 1. The number of aliphatic carboxylic acids is 1. The molecule has 0 aromatic carbocycles. The first-order valence-electron chi connectivity index (χ1n) is 4.92. The van der Waals surface area contributed by atoms with Crippen molar-refractivity contribution >= 4 is 16.0 Å². The van der Waals surface area contributed by atoms with Crippen LogP contribution in [0, 0.1) is 0 Å². The van der Waals surface area contributed by atoms with Crippen molar-refractivity contribution in [3.63, 3.8) is 0 Å². The second-order valence-electron chi connectivity index (χ2n) is 3.67. The normalized spacial score (nSPS) is 23.3. The Morgan fingerprint density at radius 3 is 2.87 bits per heavy atom. The molecular formula is C8H16N2O4S. The quantitative estimate of drug-likeness (QED) is 0.590. The molecule has 1 unspecified atom stereocenters. The highest BCUT2D eigenvalue weighted by Gasteiger charge is 2.21. The van der Waals surface area contributed by atoms with Crippen LogP contribution >= 0.6 is 0 Å². The third kappa shape index (κ3) is 5.10. The molecule has 0 radical (unpaired) electrons. The molecule has 1 fully saturated rings. The maximum Gasteiger partial charge on any atom is 0.320 e. The number of hydrogen-bond acceptors (Lipinski definition) is 4. The Balaban J connectivity index is 2.48. The zero-order chi connectivity index (χ0) is 11.3. The van der Waals surface area contributed by atoms with Crippen LogP contribution in [0.3, 0.4) is 0 Å². The first kappa shape index (κ1) is 12.4. The maximum atomic E-state index is 11.3. The van der Waals surface area contributed by atoms with Crippen molar-refractivity contribution in [3.05, 3.63) is 0 Å². The van der Waals surface area contributed by atoms with Gasteiger partial charge in [0.2, 0.25) is 10.0 Å². The molecule has 1 heterocycles. The minimum Gasteiger partial charge on any atom is -0.480 e. The molecule has 15 heavy (non-hydrogen) atoms. The molecule has 1 rings (SSSR count). The summed E-state index contributed by atoms with van der Waals surface area (Å²) in [6, 6.07) is -0.183. The number of carboxylic acids is 1. The summed E-state index contributed by atoms with van der Waals surface area (Å²) >= 11 is 0. The molecule has 6 nitrogen and oxygen atoms in total. The van der Waals surface area contributed by atoms with Crippen LogP contribution < -0.4 is 10.0 Å². The van der Waals surface area contributed by atoms with Crippen molar-refractivity contribution in [2.45, 2.75) is 25.3 Å². The molecule has 88 valence electrons. The third-order valence-corrected chi connectivity index (χ3v) is 3.53. The summed E-state index contributed by atoms with van der Waals surface area (Å²) < 4.78 is 25.0. The minimum absolute atomic E-state index is 0.183. The van der Waals surface area contributed by atoms with Crippen molar-refractivity contribution in [1.82, 2.24) is 10.0 Å². The Labute approximate surface area is 89.1 Å². The van der Waals surface area contributed by atoms with E-state index in [1.165, 1.54) is 0 Å². The number of nitrogens with one attached hydrogen (secondary N) is 2. The molecule has 3 N–H and O–H groups in total. The monoisotopic (exact) mass is 236 g/mol.